The van der Waals surface area contributed by atoms with E-state index in [1.165, 1.54) is 13.0 Å². The SMILES string of the molecule is CC1=CC=C(C(=O)O)C(C(=O)O)C1(C)F. The molecular formula is C10H11FO4. The number of hydrogen-bond acceptors (Lipinski definition) is 2. The van der Waals surface area contributed by atoms with Crippen molar-refractivity contribution < 1.29 is 24.2 Å². The van der Waals surface area contributed by atoms with Gasteiger partial charge in [-0.25, -0.2) is 9.18 Å². The Morgan fingerprint density at radius 2 is 1.93 bits per heavy atom. The molecule has 82 valence electrons. The Kier molecular flexibility index (Phi) is 2.66. The summed E-state index contributed by atoms with van der Waals surface area (Å²) in [6, 6.07) is 0. The average Bonchev–Trinajstić information content (AvgIpc) is 2.07. The van der Waals surface area contributed by atoms with Gasteiger partial charge >= 0.3 is 11.9 Å². The summed E-state index contributed by atoms with van der Waals surface area (Å²) in [5.74, 6) is -4.53. The van der Waals surface area contributed by atoms with Gasteiger partial charge in [0.05, 0.1) is 5.57 Å². The highest BCUT2D eigenvalue weighted by atomic mass is 19.1. The lowest BCUT2D eigenvalue weighted by Crippen LogP contribution is -2.41. The van der Waals surface area contributed by atoms with Crippen LogP contribution in [0.25, 0.3) is 0 Å². The van der Waals surface area contributed by atoms with E-state index in [1.807, 2.05) is 0 Å². The van der Waals surface area contributed by atoms with Gasteiger partial charge in [-0.3, -0.25) is 4.79 Å². The van der Waals surface area contributed by atoms with Crippen molar-refractivity contribution in [3.63, 3.8) is 0 Å². The van der Waals surface area contributed by atoms with Crippen molar-refractivity contribution in [2.24, 2.45) is 5.92 Å². The average molecular weight is 214 g/mol. The second kappa shape index (κ2) is 3.49. The van der Waals surface area contributed by atoms with E-state index >= 15 is 0 Å². The number of aliphatic carboxylic acids is 2. The molecule has 0 saturated heterocycles. The Hall–Kier alpha value is -1.65. The van der Waals surface area contributed by atoms with Gasteiger partial charge in [0.25, 0.3) is 0 Å². The van der Waals surface area contributed by atoms with Crippen LogP contribution in [0.3, 0.4) is 0 Å². The molecule has 0 saturated carbocycles. The predicted molar refractivity (Wildman–Crippen MR) is 50.1 cm³/mol. The largest absolute Gasteiger partial charge is 0.481 e. The Morgan fingerprint density at radius 1 is 1.40 bits per heavy atom. The highest BCUT2D eigenvalue weighted by Crippen LogP contribution is 2.38. The van der Waals surface area contributed by atoms with Crippen molar-refractivity contribution in [1.29, 1.82) is 0 Å². The number of carboxylic acid groups (broad SMARTS) is 2. The molecule has 2 unspecified atom stereocenters. The van der Waals surface area contributed by atoms with Gasteiger partial charge in [-0.2, -0.15) is 0 Å². The Bertz CT molecular complexity index is 379. The molecule has 0 amide bonds. The molecule has 1 aliphatic rings. The van der Waals surface area contributed by atoms with Crippen molar-refractivity contribution in [2.45, 2.75) is 19.5 Å². The molecule has 0 heterocycles. The van der Waals surface area contributed by atoms with Crippen LogP contribution in [0.2, 0.25) is 0 Å². The van der Waals surface area contributed by atoms with Crippen LogP contribution in [0.5, 0.6) is 0 Å². The zero-order valence-electron chi connectivity index (χ0n) is 8.32. The smallest absolute Gasteiger partial charge is 0.332 e. The summed E-state index contributed by atoms with van der Waals surface area (Å²) in [6.07, 6.45) is 2.43. The lowest BCUT2D eigenvalue weighted by atomic mass is 9.76. The Labute approximate surface area is 85.7 Å². The number of halogens is 1. The van der Waals surface area contributed by atoms with E-state index in [9.17, 15) is 14.0 Å². The predicted octanol–water partition coefficient (Wildman–Crippen LogP) is 1.39. The maximum atomic E-state index is 14.0. The van der Waals surface area contributed by atoms with Crippen LogP contribution in [-0.4, -0.2) is 27.8 Å². The molecule has 1 aliphatic carbocycles. The molecule has 0 bridgehead atoms. The minimum atomic E-state index is -2.16. The molecule has 0 aromatic rings. The molecule has 0 aliphatic heterocycles. The van der Waals surface area contributed by atoms with Gasteiger partial charge in [0, 0.05) is 0 Å². The molecule has 0 aromatic heterocycles. The van der Waals surface area contributed by atoms with E-state index in [1.54, 1.807) is 0 Å². The maximum Gasteiger partial charge on any atom is 0.332 e. The first-order valence-corrected chi connectivity index (χ1v) is 4.32. The topological polar surface area (TPSA) is 74.6 Å². The number of rotatable bonds is 2. The molecule has 2 N–H and O–H groups in total. The quantitative estimate of drug-likeness (QED) is 0.728. The first-order chi connectivity index (χ1) is 6.78. The first-order valence-electron chi connectivity index (χ1n) is 4.32. The van der Waals surface area contributed by atoms with Gasteiger partial charge in [-0.05, 0) is 19.4 Å². The minimum absolute atomic E-state index is 0.208. The van der Waals surface area contributed by atoms with Crippen LogP contribution < -0.4 is 0 Å². The van der Waals surface area contributed by atoms with Gasteiger partial charge in [0.15, 0.2) is 0 Å². The molecule has 2 atom stereocenters. The van der Waals surface area contributed by atoms with Gasteiger partial charge in [-0.15, -0.1) is 0 Å². The molecule has 4 nitrogen and oxygen atoms in total. The molecule has 0 fully saturated rings. The van der Waals surface area contributed by atoms with Crippen LogP contribution >= 0.6 is 0 Å². The van der Waals surface area contributed by atoms with E-state index in [4.69, 9.17) is 10.2 Å². The van der Waals surface area contributed by atoms with Crippen molar-refractivity contribution >= 4 is 11.9 Å². The van der Waals surface area contributed by atoms with Crippen LogP contribution in [0.1, 0.15) is 13.8 Å². The van der Waals surface area contributed by atoms with Gasteiger partial charge in [-0.1, -0.05) is 12.2 Å². The molecule has 0 aromatic carbocycles. The van der Waals surface area contributed by atoms with Crippen LogP contribution in [0.15, 0.2) is 23.3 Å². The third kappa shape index (κ3) is 1.77. The van der Waals surface area contributed by atoms with Crippen LogP contribution in [-0.2, 0) is 9.59 Å². The fraction of sp³-hybridized carbons (Fsp3) is 0.400. The zero-order chi connectivity index (χ0) is 11.8. The van der Waals surface area contributed by atoms with Gasteiger partial charge in [0.1, 0.15) is 11.6 Å². The van der Waals surface area contributed by atoms with E-state index in [0.717, 1.165) is 13.0 Å². The summed E-state index contributed by atoms with van der Waals surface area (Å²) in [7, 11) is 0. The third-order valence-corrected chi connectivity index (χ3v) is 2.63. The standard InChI is InChI=1S/C10H11FO4/c1-5-3-4-6(8(12)13)7(9(14)15)10(5,2)11/h3-4,7H,1-2H3,(H,12,13)(H,14,15). The van der Waals surface area contributed by atoms with Crippen LogP contribution in [0.4, 0.5) is 4.39 Å². The van der Waals surface area contributed by atoms with Crippen molar-refractivity contribution in [3.8, 4) is 0 Å². The van der Waals surface area contributed by atoms with E-state index in [-0.39, 0.29) is 5.57 Å². The lowest BCUT2D eigenvalue weighted by Gasteiger charge is -2.31. The van der Waals surface area contributed by atoms with E-state index in [0.29, 0.717) is 0 Å². The van der Waals surface area contributed by atoms with E-state index in [2.05, 4.69) is 0 Å². The fourth-order valence-electron chi connectivity index (χ4n) is 1.55. The summed E-state index contributed by atoms with van der Waals surface area (Å²) < 4.78 is 14.0. The molecule has 0 spiro atoms. The summed E-state index contributed by atoms with van der Waals surface area (Å²) in [5.41, 5.74) is -2.38. The summed E-state index contributed by atoms with van der Waals surface area (Å²) in [6.45, 7) is 2.51. The normalized spacial score (nSPS) is 30.5. The number of allylic oxidation sites excluding steroid dienone is 3. The van der Waals surface area contributed by atoms with Gasteiger partial charge in [0.2, 0.25) is 0 Å². The number of alkyl halides is 1. The Morgan fingerprint density at radius 3 is 2.33 bits per heavy atom. The van der Waals surface area contributed by atoms with Gasteiger partial charge < -0.3 is 10.2 Å². The third-order valence-electron chi connectivity index (χ3n) is 2.63. The monoisotopic (exact) mass is 214 g/mol. The summed E-state index contributed by atoms with van der Waals surface area (Å²) in [4.78, 5) is 21.6. The number of carbonyl (C=O) groups is 2. The molecular weight excluding hydrogens is 203 g/mol. The maximum absolute atomic E-state index is 14.0. The van der Waals surface area contributed by atoms with Crippen molar-refractivity contribution in [2.75, 3.05) is 0 Å². The Balaban J connectivity index is 3.29. The van der Waals surface area contributed by atoms with Crippen molar-refractivity contribution in [1.82, 2.24) is 0 Å². The fourth-order valence-corrected chi connectivity index (χ4v) is 1.55. The van der Waals surface area contributed by atoms with Crippen LogP contribution in [0, 0.1) is 5.92 Å². The second-order valence-electron chi connectivity index (χ2n) is 3.62. The highest BCUT2D eigenvalue weighted by Gasteiger charge is 2.47. The highest BCUT2D eigenvalue weighted by molar-refractivity contribution is 5.95. The van der Waals surface area contributed by atoms with E-state index < -0.39 is 29.1 Å². The summed E-state index contributed by atoms with van der Waals surface area (Å²) >= 11 is 0. The first kappa shape index (κ1) is 11.4. The van der Waals surface area contributed by atoms with Crippen molar-refractivity contribution in [3.05, 3.63) is 23.3 Å². The molecule has 1 rings (SSSR count). The minimum Gasteiger partial charge on any atom is -0.481 e. The lowest BCUT2D eigenvalue weighted by molar-refractivity contribution is -0.147. The molecule has 5 heteroatoms. The number of hydrogen-bond donors (Lipinski definition) is 2. The number of carboxylic acids is 2. The molecule has 0 radical (unpaired) electrons. The molecule has 15 heavy (non-hydrogen) atoms. The summed E-state index contributed by atoms with van der Waals surface area (Å²) in [5, 5.41) is 17.6. The second-order valence-corrected chi connectivity index (χ2v) is 3.62. The zero-order valence-corrected chi connectivity index (χ0v) is 8.32.